The van der Waals surface area contributed by atoms with Gasteiger partial charge in [0.2, 0.25) is 0 Å². The van der Waals surface area contributed by atoms with Crippen LogP contribution in [0.5, 0.6) is 5.75 Å². The highest BCUT2D eigenvalue weighted by molar-refractivity contribution is 5.99. The number of nitrogens with zero attached hydrogens (tertiary/aromatic N) is 2. The lowest BCUT2D eigenvalue weighted by molar-refractivity contribution is -0.139. The number of aromatic hydroxyl groups is 1. The van der Waals surface area contributed by atoms with Gasteiger partial charge in [-0.15, -0.1) is 0 Å². The van der Waals surface area contributed by atoms with Crippen molar-refractivity contribution in [3.63, 3.8) is 0 Å². The Bertz CT molecular complexity index is 1250. The molecule has 1 aromatic heterocycles. The number of hydrogen-bond acceptors (Lipinski definition) is 7. The first-order valence-electron chi connectivity index (χ1n) is 9.81. The highest BCUT2D eigenvalue weighted by Gasteiger charge is 2.41. The van der Waals surface area contributed by atoms with E-state index in [1.807, 2.05) is 0 Å². The quantitative estimate of drug-likeness (QED) is 0.524. The van der Waals surface area contributed by atoms with Gasteiger partial charge in [-0.1, -0.05) is 18.2 Å². The van der Waals surface area contributed by atoms with E-state index in [1.165, 1.54) is 24.6 Å². The molecule has 0 aliphatic carbocycles. The predicted molar refractivity (Wildman–Crippen MR) is 112 cm³/mol. The van der Waals surface area contributed by atoms with Crippen LogP contribution in [-0.4, -0.2) is 39.6 Å². The molecular weight excluding hydrogens is 416 g/mol. The Labute approximate surface area is 182 Å². The molecule has 2 heterocycles. The number of ether oxygens (including phenoxy) is 1. The van der Waals surface area contributed by atoms with Crippen LogP contribution in [0.1, 0.15) is 35.8 Å². The van der Waals surface area contributed by atoms with E-state index >= 15 is 0 Å². The van der Waals surface area contributed by atoms with Crippen molar-refractivity contribution in [2.24, 2.45) is 0 Å². The summed E-state index contributed by atoms with van der Waals surface area (Å²) in [6.45, 7) is 3.32. The molecule has 0 spiro atoms. The first kappa shape index (κ1) is 20.9. The zero-order valence-corrected chi connectivity index (χ0v) is 17.3. The molecule has 4 rings (SSSR count). The summed E-state index contributed by atoms with van der Waals surface area (Å²) in [5, 5.41) is 14.0. The Morgan fingerprint density at radius 3 is 2.81 bits per heavy atom. The Hall–Kier alpha value is -4.34. The maximum Gasteiger partial charge on any atom is 0.341 e. The van der Waals surface area contributed by atoms with Crippen LogP contribution in [0.2, 0.25) is 0 Å². The number of nitrogens with one attached hydrogen (secondary N) is 2. The van der Waals surface area contributed by atoms with Gasteiger partial charge in [0, 0.05) is 16.8 Å². The van der Waals surface area contributed by atoms with E-state index in [0.29, 0.717) is 11.1 Å². The van der Waals surface area contributed by atoms with Gasteiger partial charge in [0.1, 0.15) is 17.3 Å². The van der Waals surface area contributed by atoms with E-state index in [9.17, 15) is 19.5 Å². The Balaban J connectivity index is 1.75. The second-order valence-electron chi connectivity index (χ2n) is 7.00. The van der Waals surface area contributed by atoms with Gasteiger partial charge in [-0.05, 0) is 38.1 Å². The molecule has 3 N–H and O–H groups in total. The SMILES string of the molecule is CCOC(=O)C1=C(C)NC(=O)N(NC(=O)c2ccc3ocnc3c2)C1c1ccccc1O. The number of benzene rings is 2. The van der Waals surface area contributed by atoms with Crippen molar-refractivity contribution in [1.82, 2.24) is 20.7 Å². The predicted octanol–water partition coefficient (Wildman–Crippen LogP) is 2.78. The number of carbonyl (C=O) groups is 3. The topological polar surface area (TPSA) is 134 Å². The average Bonchev–Trinajstić information content (AvgIpc) is 3.23. The second kappa shape index (κ2) is 8.42. The smallest absolute Gasteiger partial charge is 0.341 e. The summed E-state index contributed by atoms with van der Waals surface area (Å²) in [7, 11) is 0. The third-order valence-electron chi connectivity index (χ3n) is 4.99. The van der Waals surface area contributed by atoms with Gasteiger partial charge in [0.05, 0.1) is 12.2 Å². The molecule has 10 nitrogen and oxygen atoms in total. The lowest BCUT2D eigenvalue weighted by Crippen LogP contribution is -2.56. The number of phenolic OH excluding ortho intramolecular Hbond substituents is 1. The molecule has 1 unspecified atom stereocenters. The largest absolute Gasteiger partial charge is 0.508 e. The van der Waals surface area contributed by atoms with Crippen molar-refractivity contribution in [1.29, 1.82) is 0 Å². The molecule has 0 saturated heterocycles. The summed E-state index contributed by atoms with van der Waals surface area (Å²) in [6, 6.07) is 9.07. The van der Waals surface area contributed by atoms with Crippen LogP contribution in [0.4, 0.5) is 4.79 Å². The number of hydrazine groups is 1. The van der Waals surface area contributed by atoms with Gasteiger partial charge in [0.15, 0.2) is 12.0 Å². The van der Waals surface area contributed by atoms with Crippen molar-refractivity contribution < 1.29 is 28.6 Å². The normalized spacial score (nSPS) is 16.1. The number of oxazole rings is 1. The van der Waals surface area contributed by atoms with Gasteiger partial charge in [-0.25, -0.2) is 19.6 Å². The van der Waals surface area contributed by atoms with Gasteiger partial charge >= 0.3 is 12.0 Å². The Kier molecular flexibility index (Phi) is 5.50. The van der Waals surface area contributed by atoms with Crippen molar-refractivity contribution in [2.45, 2.75) is 19.9 Å². The molecule has 0 radical (unpaired) electrons. The van der Waals surface area contributed by atoms with Crippen LogP contribution in [-0.2, 0) is 9.53 Å². The number of aromatic nitrogens is 1. The number of rotatable bonds is 5. The molecule has 1 aliphatic rings. The number of amides is 3. The number of fused-ring (bicyclic) bond motifs is 1. The summed E-state index contributed by atoms with van der Waals surface area (Å²) < 4.78 is 10.3. The molecule has 3 amide bonds. The molecule has 1 atom stereocenters. The zero-order chi connectivity index (χ0) is 22.8. The molecule has 2 aromatic carbocycles. The summed E-state index contributed by atoms with van der Waals surface area (Å²) in [5.41, 5.74) is 4.33. The van der Waals surface area contributed by atoms with Crippen molar-refractivity contribution in [3.05, 3.63) is 71.3 Å². The number of carbonyl (C=O) groups excluding carboxylic acids is 3. The molecule has 0 fully saturated rings. The van der Waals surface area contributed by atoms with Gasteiger partial charge in [0.25, 0.3) is 5.91 Å². The molecule has 1 aliphatic heterocycles. The van der Waals surface area contributed by atoms with Crippen LogP contribution in [0.3, 0.4) is 0 Å². The van der Waals surface area contributed by atoms with Crippen molar-refractivity contribution in [3.8, 4) is 5.75 Å². The molecule has 32 heavy (non-hydrogen) atoms. The van der Waals surface area contributed by atoms with Gasteiger partial charge in [-0.3, -0.25) is 10.2 Å². The van der Waals surface area contributed by atoms with E-state index in [1.54, 1.807) is 38.1 Å². The second-order valence-corrected chi connectivity index (χ2v) is 7.00. The number of urea groups is 1. The van der Waals surface area contributed by atoms with Crippen LogP contribution in [0.25, 0.3) is 11.1 Å². The Morgan fingerprint density at radius 1 is 1.28 bits per heavy atom. The van der Waals surface area contributed by atoms with Crippen LogP contribution in [0.15, 0.2) is 64.5 Å². The lowest BCUT2D eigenvalue weighted by Gasteiger charge is -2.37. The molecule has 10 heteroatoms. The Morgan fingerprint density at radius 2 is 2.06 bits per heavy atom. The minimum absolute atomic E-state index is 0.0835. The molecule has 3 aromatic rings. The number of esters is 1. The van der Waals surface area contributed by atoms with E-state index in [2.05, 4.69) is 15.7 Å². The van der Waals surface area contributed by atoms with E-state index < -0.39 is 23.9 Å². The fourth-order valence-electron chi connectivity index (χ4n) is 3.51. The van der Waals surface area contributed by atoms with E-state index in [-0.39, 0.29) is 34.8 Å². The third-order valence-corrected chi connectivity index (χ3v) is 4.99. The number of phenols is 1. The van der Waals surface area contributed by atoms with E-state index in [0.717, 1.165) is 5.01 Å². The highest BCUT2D eigenvalue weighted by atomic mass is 16.5. The monoisotopic (exact) mass is 436 g/mol. The summed E-state index contributed by atoms with van der Waals surface area (Å²) in [6.07, 6.45) is 1.26. The van der Waals surface area contributed by atoms with Crippen LogP contribution < -0.4 is 10.7 Å². The maximum atomic E-state index is 13.0. The first-order valence-corrected chi connectivity index (χ1v) is 9.81. The highest BCUT2D eigenvalue weighted by Crippen LogP contribution is 2.37. The van der Waals surface area contributed by atoms with E-state index in [4.69, 9.17) is 9.15 Å². The maximum absolute atomic E-state index is 13.0. The standard InChI is InChI=1S/C22H20N4O6/c1-3-31-21(29)18-12(2)24-22(30)26(19(18)14-6-4-5-7-16(14)27)25-20(28)13-8-9-17-15(10-13)23-11-32-17/h4-11,19,27H,3H2,1-2H3,(H,24,30)(H,25,28). The number of hydrogen-bond donors (Lipinski definition) is 3. The summed E-state index contributed by atoms with van der Waals surface area (Å²) in [5.74, 6) is -1.44. The average molecular weight is 436 g/mol. The molecular formula is C22H20N4O6. The van der Waals surface area contributed by atoms with Crippen LogP contribution in [0, 0.1) is 0 Å². The minimum atomic E-state index is -1.12. The zero-order valence-electron chi connectivity index (χ0n) is 17.3. The molecule has 0 bridgehead atoms. The summed E-state index contributed by atoms with van der Waals surface area (Å²) >= 11 is 0. The number of para-hydroxylation sites is 1. The van der Waals surface area contributed by atoms with Crippen LogP contribution >= 0.6 is 0 Å². The fourth-order valence-corrected chi connectivity index (χ4v) is 3.51. The van der Waals surface area contributed by atoms with Gasteiger partial charge < -0.3 is 19.6 Å². The van der Waals surface area contributed by atoms with Crippen molar-refractivity contribution in [2.75, 3.05) is 6.61 Å². The molecule has 164 valence electrons. The van der Waals surface area contributed by atoms with Gasteiger partial charge in [-0.2, -0.15) is 0 Å². The molecule has 0 saturated carbocycles. The summed E-state index contributed by atoms with van der Waals surface area (Å²) in [4.78, 5) is 42.6. The lowest BCUT2D eigenvalue weighted by atomic mass is 9.94. The number of allylic oxidation sites excluding steroid dienone is 1. The first-order chi connectivity index (χ1) is 15.4. The third kappa shape index (κ3) is 3.73. The fraction of sp³-hybridized carbons (Fsp3) is 0.182. The van der Waals surface area contributed by atoms with Crippen molar-refractivity contribution >= 4 is 29.0 Å². The minimum Gasteiger partial charge on any atom is -0.508 e.